The number of pyridine rings is 2. The van der Waals surface area contributed by atoms with Gasteiger partial charge in [0.05, 0.1) is 17.8 Å². The molecule has 0 aromatic carbocycles. The van der Waals surface area contributed by atoms with Gasteiger partial charge in [-0.25, -0.2) is 9.97 Å². The number of aromatic nitrogens is 4. The highest BCUT2D eigenvalue weighted by molar-refractivity contribution is 5.93. The molecule has 0 unspecified atom stereocenters. The summed E-state index contributed by atoms with van der Waals surface area (Å²) < 4.78 is 1.78. The highest BCUT2D eigenvalue weighted by Gasteiger charge is 2.07. The molecule has 0 aliphatic carbocycles. The van der Waals surface area contributed by atoms with Crippen molar-refractivity contribution in [2.75, 3.05) is 0 Å². The first-order valence-electron chi connectivity index (χ1n) is 6.87. The van der Waals surface area contributed by atoms with Crippen LogP contribution in [0.5, 0.6) is 0 Å². The van der Waals surface area contributed by atoms with E-state index < -0.39 is 0 Å². The Morgan fingerprint density at radius 1 is 1.27 bits per heavy atom. The lowest BCUT2D eigenvalue weighted by atomic mass is 10.2. The average molecular weight is 293 g/mol. The lowest BCUT2D eigenvalue weighted by molar-refractivity contribution is 0.0950. The molecule has 6 nitrogen and oxygen atoms in total. The molecule has 0 bridgehead atoms. The maximum atomic E-state index is 12.1. The number of aryl methyl sites for hydroxylation is 1. The Kier molecular flexibility index (Phi) is 3.91. The normalized spacial score (nSPS) is 10.4. The third kappa shape index (κ3) is 3.17. The van der Waals surface area contributed by atoms with Crippen LogP contribution in [-0.4, -0.2) is 25.4 Å². The first kappa shape index (κ1) is 13.9. The highest BCUT2D eigenvalue weighted by Crippen LogP contribution is 2.06. The number of imidazole rings is 1. The number of nitrogens with one attached hydrogen (secondary N) is 1. The lowest BCUT2D eigenvalue weighted by Gasteiger charge is -2.06. The third-order valence-electron chi connectivity index (χ3n) is 3.16. The number of nitrogens with zero attached hydrogens (tertiary/aromatic N) is 4. The summed E-state index contributed by atoms with van der Waals surface area (Å²) in [4.78, 5) is 24.7. The van der Waals surface area contributed by atoms with Crippen LogP contribution < -0.4 is 5.32 Å². The lowest BCUT2D eigenvalue weighted by Crippen LogP contribution is -2.23. The number of amides is 1. The molecule has 22 heavy (non-hydrogen) atoms. The van der Waals surface area contributed by atoms with Crippen molar-refractivity contribution in [2.45, 2.75) is 13.5 Å². The average Bonchev–Trinajstić information content (AvgIpc) is 3.07. The second-order valence-electron chi connectivity index (χ2n) is 4.83. The summed E-state index contributed by atoms with van der Waals surface area (Å²) in [5, 5.41) is 2.84. The van der Waals surface area contributed by atoms with Gasteiger partial charge in [-0.2, -0.15) is 0 Å². The fourth-order valence-electron chi connectivity index (χ4n) is 2.04. The van der Waals surface area contributed by atoms with Crippen molar-refractivity contribution in [1.29, 1.82) is 0 Å². The van der Waals surface area contributed by atoms with Gasteiger partial charge in [0.25, 0.3) is 5.91 Å². The second-order valence-corrected chi connectivity index (χ2v) is 4.83. The quantitative estimate of drug-likeness (QED) is 0.797. The van der Waals surface area contributed by atoms with Gasteiger partial charge in [0.1, 0.15) is 12.1 Å². The van der Waals surface area contributed by atoms with Crippen LogP contribution in [0.1, 0.15) is 21.7 Å². The Bertz CT molecular complexity index is 765. The summed E-state index contributed by atoms with van der Waals surface area (Å²) in [5.74, 6) is 0.544. The van der Waals surface area contributed by atoms with Gasteiger partial charge in [-0.3, -0.25) is 14.3 Å². The van der Waals surface area contributed by atoms with Crippen molar-refractivity contribution < 1.29 is 4.79 Å². The number of carbonyl (C=O) groups excluding carboxylic acids is 1. The maximum Gasteiger partial charge on any atom is 0.253 e. The van der Waals surface area contributed by atoms with Crippen LogP contribution in [0.3, 0.4) is 0 Å². The zero-order valence-electron chi connectivity index (χ0n) is 12.1. The van der Waals surface area contributed by atoms with E-state index >= 15 is 0 Å². The van der Waals surface area contributed by atoms with Gasteiger partial charge in [-0.1, -0.05) is 6.07 Å². The monoisotopic (exact) mass is 293 g/mol. The molecule has 0 radical (unpaired) electrons. The molecule has 110 valence electrons. The predicted octanol–water partition coefficient (Wildman–Crippen LogP) is 1.90. The maximum absolute atomic E-state index is 12.1. The van der Waals surface area contributed by atoms with E-state index in [0.29, 0.717) is 12.1 Å². The van der Waals surface area contributed by atoms with Gasteiger partial charge in [0.15, 0.2) is 0 Å². The number of rotatable bonds is 4. The Balaban J connectivity index is 1.65. The summed E-state index contributed by atoms with van der Waals surface area (Å²) in [6.45, 7) is 2.31. The molecule has 0 atom stereocenters. The molecule has 3 aromatic heterocycles. The van der Waals surface area contributed by atoms with E-state index in [-0.39, 0.29) is 5.91 Å². The van der Waals surface area contributed by atoms with Crippen molar-refractivity contribution in [1.82, 2.24) is 24.8 Å². The molecule has 0 saturated carbocycles. The van der Waals surface area contributed by atoms with E-state index in [4.69, 9.17) is 0 Å². The third-order valence-corrected chi connectivity index (χ3v) is 3.16. The molecule has 3 rings (SSSR count). The molecule has 1 amide bonds. The van der Waals surface area contributed by atoms with Gasteiger partial charge in [0.2, 0.25) is 0 Å². The zero-order valence-corrected chi connectivity index (χ0v) is 12.1. The Morgan fingerprint density at radius 3 is 2.86 bits per heavy atom. The molecule has 0 spiro atoms. The van der Waals surface area contributed by atoms with Gasteiger partial charge in [0, 0.05) is 24.3 Å². The minimum atomic E-state index is -0.173. The Labute approximate surface area is 127 Å². The zero-order chi connectivity index (χ0) is 15.4. The van der Waals surface area contributed by atoms with Crippen LogP contribution >= 0.6 is 0 Å². The van der Waals surface area contributed by atoms with E-state index in [1.54, 1.807) is 41.6 Å². The molecule has 6 heteroatoms. The Morgan fingerprint density at radius 2 is 2.18 bits per heavy atom. The van der Waals surface area contributed by atoms with E-state index in [1.807, 2.05) is 25.1 Å². The van der Waals surface area contributed by atoms with Crippen LogP contribution in [-0.2, 0) is 6.54 Å². The van der Waals surface area contributed by atoms with Crippen molar-refractivity contribution >= 4 is 5.91 Å². The molecule has 0 aliphatic rings. The minimum Gasteiger partial charge on any atom is -0.346 e. The smallest absolute Gasteiger partial charge is 0.253 e. The van der Waals surface area contributed by atoms with Crippen LogP contribution in [0.2, 0.25) is 0 Å². The predicted molar refractivity (Wildman–Crippen MR) is 81.5 cm³/mol. The van der Waals surface area contributed by atoms with Gasteiger partial charge in [-0.15, -0.1) is 0 Å². The van der Waals surface area contributed by atoms with Crippen LogP contribution in [0, 0.1) is 6.92 Å². The van der Waals surface area contributed by atoms with Crippen molar-refractivity contribution in [2.24, 2.45) is 0 Å². The standard InChI is InChI=1S/C16H15N5O/c1-12-3-2-4-14(20-12)10-19-16(22)13-5-6-15(18-9-13)21-8-7-17-11-21/h2-9,11H,10H2,1H3,(H,19,22). The van der Waals surface area contributed by atoms with E-state index in [0.717, 1.165) is 17.2 Å². The molecular formula is C16H15N5O. The number of hydrogen-bond donors (Lipinski definition) is 1. The van der Waals surface area contributed by atoms with E-state index in [1.165, 1.54) is 0 Å². The van der Waals surface area contributed by atoms with Crippen LogP contribution in [0.4, 0.5) is 0 Å². The second kappa shape index (κ2) is 6.17. The minimum absolute atomic E-state index is 0.173. The van der Waals surface area contributed by atoms with Crippen LogP contribution in [0.15, 0.2) is 55.2 Å². The molecule has 0 aliphatic heterocycles. The first-order valence-corrected chi connectivity index (χ1v) is 6.87. The molecule has 3 aromatic rings. The van der Waals surface area contributed by atoms with Gasteiger partial charge >= 0.3 is 0 Å². The fourth-order valence-corrected chi connectivity index (χ4v) is 2.04. The summed E-state index contributed by atoms with van der Waals surface area (Å²) in [6.07, 6.45) is 6.68. The van der Waals surface area contributed by atoms with Crippen molar-refractivity contribution in [3.8, 4) is 5.82 Å². The summed E-state index contributed by atoms with van der Waals surface area (Å²) in [5.41, 5.74) is 2.27. The van der Waals surface area contributed by atoms with Crippen LogP contribution in [0.25, 0.3) is 5.82 Å². The first-order chi connectivity index (χ1) is 10.7. The topological polar surface area (TPSA) is 72.7 Å². The SMILES string of the molecule is Cc1cccc(CNC(=O)c2ccc(-n3ccnc3)nc2)n1. The van der Waals surface area contributed by atoms with E-state index in [2.05, 4.69) is 20.3 Å². The van der Waals surface area contributed by atoms with Gasteiger partial charge in [-0.05, 0) is 31.2 Å². The molecule has 0 fully saturated rings. The molecular weight excluding hydrogens is 278 g/mol. The summed E-state index contributed by atoms with van der Waals surface area (Å²) >= 11 is 0. The molecule has 1 N–H and O–H groups in total. The van der Waals surface area contributed by atoms with Crippen molar-refractivity contribution in [3.63, 3.8) is 0 Å². The van der Waals surface area contributed by atoms with Crippen molar-refractivity contribution in [3.05, 3.63) is 72.2 Å². The Hall–Kier alpha value is -3.02. The highest BCUT2D eigenvalue weighted by atomic mass is 16.1. The largest absolute Gasteiger partial charge is 0.346 e. The summed E-state index contributed by atoms with van der Waals surface area (Å²) in [7, 11) is 0. The number of hydrogen-bond acceptors (Lipinski definition) is 4. The fraction of sp³-hybridized carbons (Fsp3) is 0.125. The van der Waals surface area contributed by atoms with E-state index in [9.17, 15) is 4.79 Å². The van der Waals surface area contributed by atoms with Gasteiger partial charge < -0.3 is 5.32 Å². The number of carbonyl (C=O) groups is 1. The molecule has 0 saturated heterocycles. The molecule has 3 heterocycles. The summed E-state index contributed by atoms with van der Waals surface area (Å²) in [6, 6.07) is 9.24.